The van der Waals surface area contributed by atoms with E-state index in [0.29, 0.717) is 19.5 Å². The Morgan fingerprint density at radius 1 is 1.27 bits per heavy atom. The predicted octanol–water partition coefficient (Wildman–Crippen LogP) is 1.29. The first-order valence-electron chi connectivity index (χ1n) is 6.73. The Bertz CT molecular complexity index is 627. The molecule has 0 aliphatic rings. The maximum atomic E-state index is 11.5. The lowest BCUT2D eigenvalue weighted by molar-refractivity contribution is 0.0690. The van der Waals surface area contributed by atoms with E-state index in [4.69, 9.17) is 9.84 Å². The van der Waals surface area contributed by atoms with E-state index in [1.54, 1.807) is 0 Å². The van der Waals surface area contributed by atoms with E-state index in [1.807, 2.05) is 30.3 Å². The maximum absolute atomic E-state index is 11.5. The predicted molar refractivity (Wildman–Crippen MR) is 76.2 cm³/mol. The van der Waals surface area contributed by atoms with Gasteiger partial charge in [-0.1, -0.05) is 35.5 Å². The van der Waals surface area contributed by atoms with Crippen LogP contribution in [0, 0.1) is 0 Å². The Balaban J connectivity index is 1.61. The van der Waals surface area contributed by atoms with Gasteiger partial charge in [0.05, 0.1) is 6.20 Å². The number of hydrogen-bond acceptors (Lipinski definition) is 5. The molecule has 0 spiro atoms. The van der Waals surface area contributed by atoms with Crippen LogP contribution in [0.1, 0.15) is 22.5 Å². The van der Waals surface area contributed by atoms with Crippen molar-refractivity contribution in [1.82, 2.24) is 20.3 Å². The molecule has 1 aromatic carbocycles. The summed E-state index contributed by atoms with van der Waals surface area (Å²) in [7, 11) is 0. The summed E-state index contributed by atoms with van der Waals surface area (Å²) < 4.78 is 6.47. The number of hydrogen-bond donors (Lipinski definition) is 2. The van der Waals surface area contributed by atoms with Crippen molar-refractivity contribution in [1.29, 1.82) is 0 Å². The van der Waals surface area contributed by atoms with Crippen molar-refractivity contribution in [3.8, 4) is 0 Å². The molecule has 0 aliphatic heterocycles. The number of carbonyl (C=O) groups is 2. The summed E-state index contributed by atoms with van der Waals surface area (Å²) in [5.41, 5.74) is 0.816. The minimum Gasteiger partial charge on any atom is -0.476 e. The van der Waals surface area contributed by atoms with Crippen LogP contribution in [0.5, 0.6) is 0 Å². The lowest BCUT2D eigenvalue weighted by Crippen LogP contribution is -2.26. The Labute approximate surface area is 126 Å². The number of amides is 1. The number of aryl methyl sites for hydroxylation is 1. The second-order valence-corrected chi connectivity index (χ2v) is 4.51. The Kier molecular flexibility index (Phi) is 5.47. The smallest absolute Gasteiger partial charge is 0.407 e. The highest BCUT2D eigenvalue weighted by molar-refractivity contribution is 5.84. The standard InChI is InChI=1S/C14H16N4O4/c19-13(20)12-9-18(17-16-12)8-4-7-15-14(21)22-10-11-5-2-1-3-6-11/h1-3,5-6,9H,4,7-8,10H2,(H,15,21)(H,19,20). The van der Waals surface area contributed by atoms with Crippen LogP contribution in [0.4, 0.5) is 4.79 Å². The van der Waals surface area contributed by atoms with E-state index in [-0.39, 0.29) is 12.3 Å². The minimum atomic E-state index is -1.12. The van der Waals surface area contributed by atoms with E-state index in [1.165, 1.54) is 10.9 Å². The molecule has 0 bridgehead atoms. The molecule has 8 heteroatoms. The van der Waals surface area contributed by atoms with E-state index in [0.717, 1.165) is 5.56 Å². The van der Waals surface area contributed by atoms with Gasteiger partial charge in [0.1, 0.15) is 6.61 Å². The highest BCUT2D eigenvalue weighted by Gasteiger charge is 2.08. The van der Waals surface area contributed by atoms with E-state index < -0.39 is 12.1 Å². The summed E-state index contributed by atoms with van der Waals surface area (Å²) in [6.45, 7) is 1.08. The quantitative estimate of drug-likeness (QED) is 0.747. The molecule has 2 N–H and O–H groups in total. The molecular formula is C14H16N4O4. The number of benzene rings is 1. The molecule has 22 heavy (non-hydrogen) atoms. The first-order chi connectivity index (χ1) is 10.6. The number of carbonyl (C=O) groups excluding carboxylic acids is 1. The van der Waals surface area contributed by atoms with Gasteiger partial charge in [-0.2, -0.15) is 0 Å². The zero-order valence-electron chi connectivity index (χ0n) is 11.8. The highest BCUT2D eigenvalue weighted by atomic mass is 16.5. The molecule has 0 unspecified atom stereocenters. The van der Waals surface area contributed by atoms with Crippen molar-refractivity contribution in [3.05, 3.63) is 47.8 Å². The van der Waals surface area contributed by atoms with Crippen molar-refractivity contribution in [2.75, 3.05) is 6.54 Å². The third-order valence-corrected chi connectivity index (χ3v) is 2.80. The SMILES string of the molecule is O=C(NCCCn1cc(C(=O)O)nn1)OCc1ccccc1. The Morgan fingerprint density at radius 3 is 2.73 bits per heavy atom. The first kappa shape index (κ1) is 15.5. The summed E-state index contributed by atoms with van der Waals surface area (Å²) in [6, 6.07) is 9.39. The fourth-order valence-corrected chi connectivity index (χ4v) is 1.71. The number of carboxylic acids is 1. The number of carboxylic acid groups (broad SMARTS) is 1. The second-order valence-electron chi connectivity index (χ2n) is 4.51. The molecule has 0 atom stereocenters. The van der Waals surface area contributed by atoms with E-state index in [2.05, 4.69) is 15.6 Å². The number of ether oxygens (including phenoxy) is 1. The van der Waals surface area contributed by atoms with Gasteiger partial charge < -0.3 is 15.2 Å². The van der Waals surface area contributed by atoms with Crippen molar-refractivity contribution in [2.24, 2.45) is 0 Å². The third-order valence-electron chi connectivity index (χ3n) is 2.80. The Morgan fingerprint density at radius 2 is 2.05 bits per heavy atom. The average Bonchev–Trinajstić information content (AvgIpc) is 3.00. The van der Waals surface area contributed by atoms with Crippen molar-refractivity contribution in [2.45, 2.75) is 19.6 Å². The van der Waals surface area contributed by atoms with Gasteiger partial charge in [-0.05, 0) is 12.0 Å². The molecule has 2 aromatic rings. The molecule has 0 aliphatic carbocycles. The van der Waals surface area contributed by atoms with Crippen LogP contribution in [0.2, 0.25) is 0 Å². The molecule has 0 saturated carbocycles. The van der Waals surface area contributed by atoms with Crippen molar-refractivity contribution < 1.29 is 19.4 Å². The monoisotopic (exact) mass is 304 g/mol. The fraction of sp³-hybridized carbons (Fsp3) is 0.286. The van der Waals surface area contributed by atoms with Gasteiger partial charge in [-0.25, -0.2) is 9.59 Å². The molecule has 8 nitrogen and oxygen atoms in total. The number of alkyl carbamates (subject to hydrolysis) is 1. The number of aromatic nitrogens is 3. The van der Waals surface area contributed by atoms with Crippen molar-refractivity contribution >= 4 is 12.1 Å². The first-order valence-corrected chi connectivity index (χ1v) is 6.73. The molecule has 1 heterocycles. The van der Waals surface area contributed by atoms with Gasteiger partial charge in [0.25, 0.3) is 0 Å². The number of rotatable bonds is 7. The van der Waals surface area contributed by atoms with Gasteiger partial charge >= 0.3 is 12.1 Å². The number of aromatic carboxylic acids is 1. The summed E-state index contributed by atoms with van der Waals surface area (Å²) in [5, 5.41) is 18.5. The minimum absolute atomic E-state index is 0.102. The fourth-order valence-electron chi connectivity index (χ4n) is 1.71. The van der Waals surface area contributed by atoms with Crippen LogP contribution >= 0.6 is 0 Å². The zero-order chi connectivity index (χ0) is 15.8. The lowest BCUT2D eigenvalue weighted by Gasteiger charge is -2.06. The van der Waals surface area contributed by atoms with Crippen LogP contribution in [0.3, 0.4) is 0 Å². The van der Waals surface area contributed by atoms with Crippen LogP contribution in [-0.2, 0) is 17.9 Å². The molecular weight excluding hydrogens is 288 g/mol. The van der Waals surface area contributed by atoms with Gasteiger partial charge in [-0.15, -0.1) is 5.10 Å². The van der Waals surface area contributed by atoms with Gasteiger partial charge in [0.15, 0.2) is 5.69 Å². The van der Waals surface area contributed by atoms with Crippen LogP contribution in [-0.4, -0.2) is 38.7 Å². The van der Waals surface area contributed by atoms with Crippen LogP contribution in [0.25, 0.3) is 0 Å². The van der Waals surface area contributed by atoms with E-state index >= 15 is 0 Å². The number of nitrogens with zero attached hydrogens (tertiary/aromatic N) is 3. The van der Waals surface area contributed by atoms with Crippen molar-refractivity contribution in [3.63, 3.8) is 0 Å². The topological polar surface area (TPSA) is 106 Å². The van der Waals surface area contributed by atoms with Gasteiger partial charge in [-0.3, -0.25) is 4.68 Å². The van der Waals surface area contributed by atoms with E-state index in [9.17, 15) is 9.59 Å². The van der Waals surface area contributed by atoms with Gasteiger partial charge in [0, 0.05) is 13.1 Å². The number of nitrogens with one attached hydrogen (secondary N) is 1. The van der Waals surface area contributed by atoms with Crippen LogP contribution in [0.15, 0.2) is 36.5 Å². The average molecular weight is 304 g/mol. The lowest BCUT2D eigenvalue weighted by atomic mass is 10.2. The maximum Gasteiger partial charge on any atom is 0.407 e. The Hall–Kier alpha value is -2.90. The summed E-state index contributed by atoms with van der Waals surface area (Å²) >= 11 is 0. The summed E-state index contributed by atoms with van der Waals surface area (Å²) in [6.07, 6.45) is 1.44. The molecule has 1 amide bonds. The third kappa shape index (κ3) is 4.89. The molecule has 0 radical (unpaired) electrons. The highest BCUT2D eigenvalue weighted by Crippen LogP contribution is 2.00. The second kappa shape index (κ2) is 7.77. The zero-order valence-corrected chi connectivity index (χ0v) is 11.8. The molecule has 1 aromatic heterocycles. The summed E-state index contributed by atoms with van der Waals surface area (Å²) in [4.78, 5) is 22.1. The summed E-state index contributed by atoms with van der Waals surface area (Å²) in [5.74, 6) is -1.12. The normalized spacial score (nSPS) is 10.2. The molecule has 0 saturated heterocycles. The molecule has 2 rings (SSSR count). The largest absolute Gasteiger partial charge is 0.476 e. The molecule has 0 fully saturated rings. The molecule has 116 valence electrons. The van der Waals surface area contributed by atoms with Gasteiger partial charge in [0.2, 0.25) is 0 Å². The van der Waals surface area contributed by atoms with Crippen LogP contribution < -0.4 is 5.32 Å².